The van der Waals surface area contributed by atoms with Crippen LogP contribution < -0.4 is 4.74 Å². The highest BCUT2D eigenvalue weighted by Crippen LogP contribution is 2.41. The predicted molar refractivity (Wildman–Crippen MR) is 115 cm³/mol. The lowest BCUT2D eigenvalue weighted by molar-refractivity contribution is 0.415. The number of pyridine rings is 1. The molecule has 6 rings (SSSR count). The zero-order valence-corrected chi connectivity index (χ0v) is 15.3. The molecule has 3 heterocycles. The summed E-state index contributed by atoms with van der Waals surface area (Å²) < 4.78 is 5.37. The SMILES string of the molecule is COc1ccc(-c2c3c(nc4[nH]c5ccccc5c24)[nH]c2ccccc23)cc1. The molecule has 0 aliphatic rings. The van der Waals surface area contributed by atoms with E-state index in [2.05, 4.69) is 58.5 Å². The standard InChI is InChI=1S/C24H17N3O/c1-28-15-12-10-14(11-13-15)20-21-16-6-2-4-8-18(16)25-23(21)27-24-22(20)17-7-3-5-9-19(17)26-24/h2-13H,1H3,(H2,25,26,27). The molecule has 0 atom stereocenters. The molecule has 0 radical (unpaired) electrons. The molecule has 6 aromatic rings. The van der Waals surface area contributed by atoms with Crippen molar-refractivity contribution in [3.8, 4) is 16.9 Å². The van der Waals surface area contributed by atoms with Crippen LogP contribution in [0.5, 0.6) is 5.75 Å². The van der Waals surface area contributed by atoms with Crippen molar-refractivity contribution in [3.05, 3.63) is 72.8 Å². The molecule has 0 saturated heterocycles. The lowest BCUT2D eigenvalue weighted by Crippen LogP contribution is -1.87. The number of benzene rings is 3. The van der Waals surface area contributed by atoms with Crippen LogP contribution in [-0.2, 0) is 0 Å². The van der Waals surface area contributed by atoms with Gasteiger partial charge in [-0.05, 0) is 29.8 Å². The zero-order valence-electron chi connectivity index (χ0n) is 15.3. The summed E-state index contributed by atoms with van der Waals surface area (Å²) in [5, 5.41) is 4.67. The van der Waals surface area contributed by atoms with Gasteiger partial charge < -0.3 is 14.7 Å². The Morgan fingerprint density at radius 3 is 1.75 bits per heavy atom. The quantitative estimate of drug-likeness (QED) is 0.395. The number of H-pyrrole nitrogens is 2. The van der Waals surface area contributed by atoms with E-state index in [9.17, 15) is 0 Å². The van der Waals surface area contributed by atoms with Gasteiger partial charge in [-0.25, -0.2) is 4.98 Å². The minimum atomic E-state index is 0.850. The molecule has 0 bridgehead atoms. The van der Waals surface area contributed by atoms with Gasteiger partial charge in [0, 0.05) is 38.1 Å². The summed E-state index contributed by atoms with van der Waals surface area (Å²) in [5.74, 6) is 0.850. The predicted octanol–water partition coefficient (Wildman–Crippen LogP) is 6.03. The minimum Gasteiger partial charge on any atom is -0.497 e. The Morgan fingerprint density at radius 2 is 1.21 bits per heavy atom. The summed E-state index contributed by atoms with van der Waals surface area (Å²) in [7, 11) is 1.69. The van der Waals surface area contributed by atoms with Gasteiger partial charge in [0.25, 0.3) is 0 Å². The number of ether oxygens (including phenoxy) is 1. The van der Waals surface area contributed by atoms with Gasteiger partial charge in [0.15, 0.2) is 0 Å². The van der Waals surface area contributed by atoms with Gasteiger partial charge in [-0.3, -0.25) is 0 Å². The fourth-order valence-corrected chi connectivity index (χ4v) is 4.21. The molecule has 0 aliphatic heterocycles. The Morgan fingerprint density at radius 1 is 0.679 bits per heavy atom. The van der Waals surface area contributed by atoms with Crippen LogP contribution in [0.1, 0.15) is 0 Å². The molecule has 3 aromatic heterocycles. The van der Waals surface area contributed by atoms with Crippen molar-refractivity contribution >= 4 is 43.9 Å². The monoisotopic (exact) mass is 363 g/mol. The smallest absolute Gasteiger partial charge is 0.141 e. The van der Waals surface area contributed by atoms with Crippen LogP contribution in [0.4, 0.5) is 0 Å². The second-order valence-corrected chi connectivity index (χ2v) is 7.00. The highest BCUT2D eigenvalue weighted by atomic mass is 16.5. The number of fused-ring (bicyclic) bond motifs is 6. The average Bonchev–Trinajstić information content (AvgIpc) is 3.30. The van der Waals surface area contributed by atoms with E-state index in [1.807, 2.05) is 24.3 Å². The van der Waals surface area contributed by atoms with Crippen LogP contribution in [0.2, 0.25) is 0 Å². The molecular weight excluding hydrogens is 346 g/mol. The minimum absolute atomic E-state index is 0.850. The number of aromatic nitrogens is 3. The van der Waals surface area contributed by atoms with Crippen molar-refractivity contribution in [2.75, 3.05) is 7.11 Å². The van der Waals surface area contributed by atoms with Crippen LogP contribution in [0.25, 0.3) is 55.0 Å². The second kappa shape index (κ2) is 5.60. The third-order valence-electron chi connectivity index (χ3n) is 5.47. The summed E-state index contributed by atoms with van der Waals surface area (Å²) >= 11 is 0. The molecule has 28 heavy (non-hydrogen) atoms. The van der Waals surface area contributed by atoms with Gasteiger partial charge in [-0.2, -0.15) is 0 Å². The highest BCUT2D eigenvalue weighted by Gasteiger charge is 2.19. The van der Waals surface area contributed by atoms with E-state index in [-0.39, 0.29) is 0 Å². The molecule has 0 spiro atoms. The number of nitrogens with zero attached hydrogens (tertiary/aromatic N) is 1. The molecule has 4 heteroatoms. The topological polar surface area (TPSA) is 53.7 Å². The number of aromatic amines is 2. The largest absolute Gasteiger partial charge is 0.497 e. The summed E-state index contributed by atoms with van der Waals surface area (Å²) in [6.45, 7) is 0. The van der Waals surface area contributed by atoms with Gasteiger partial charge >= 0.3 is 0 Å². The second-order valence-electron chi connectivity index (χ2n) is 7.00. The van der Waals surface area contributed by atoms with E-state index in [0.717, 1.165) is 44.4 Å². The van der Waals surface area contributed by atoms with E-state index in [0.29, 0.717) is 0 Å². The van der Waals surface area contributed by atoms with Crippen LogP contribution in [0.15, 0.2) is 72.8 Å². The zero-order chi connectivity index (χ0) is 18.7. The first-order chi connectivity index (χ1) is 13.8. The summed E-state index contributed by atoms with van der Waals surface area (Å²) in [6.07, 6.45) is 0. The summed E-state index contributed by atoms with van der Waals surface area (Å²) in [5.41, 5.74) is 6.32. The van der Waals surface area contributed by atoms with Crippen molar-refractivity contribution in [1.29, 1.82) is 0 Å². The maximum Gasteiger partial charge on any atom is 0.141 e. The van der Waals surface area contributed by atoms with Gasteiger partial charge in [0.2, 0.25) is 0 Å². The number of rotatable bonds is 2. The maximum absolute atomic E-state index is 5.37. The third-order valence-corrected chi connectivity index (χ3v) is 5.47. The molecule has 0 amide bonds. The van der Waals surface area contributed by atoms with E-state index < -0.39 is 0 Å². The van der Waals surface area contributed by atoms with Gasteiger partial charge in [-0.15, -0.1) is 0 Å². The van der Waals surface area contributed by atoms with Crippen molar-refractivity contribution in [3.63, 3.8) is 0 Å². The maximum atomic E-state index is 5.37. The molecule has 0 unspecified atom stereocenters. The van der Waals surface area contributed by atoms with Crippen LogP contribution in [0.3, 0.4) is 0 Å². The lowest BCUT2D eigenvalue weighted by Gasteiger charge is -2.08. The molecule has 0 fully saturated rings. The van der Waals surface area contributed by atoms with Crippen LogP contribution in [-0.4, -0.2) is 22.1 Å². The van der Waals surface area contributed by atoms with Crippen LogP contribution in [0, 0.1) is 0 Å². The van der Waals surface area contributed by atoms with E-state index in [1.165, 1.54) is 16.3 Å². The van der Waals surface area contributed by atoms with Crippen molar-refractivity contribution in [2.45, 2.75) is 0 Å². The van der Waals surface area contributed by atoms with Gasteiger partial charge in [-0.1, -0.05) is 48.5 Å². The number of hydrogen-bond acceptors (Lipinski definition) is 2. The first-order valence-electron chi connectivity index (χ1n) is 9.29. The number of para-hydroxylation sites is 2. The van der Waals surface area contributed by atoms with E-state index >= 15 is 0 Å². The van der Waals surface area contributed by atoms with Crippen molar-refractivity contribution in [1.82, 2.24) is 15.0 Å². The summed E-state index contributed by atoms with van der Waals surface area (Å²) in [4.78, 5) is 11.9. The van der Waals surface area contributed by atoms with Gasteiger partial charge in [0.05, 0.1) is 7.11 Å². The number of methoxy groups -OCH3 is 1. The fraction of sp³-hybridized carbons (Fsp3) is 0.0417. The third kappa shape index (κ3) is 2.03. The fourth-order valence-electron chi connectivity index (χ4n) is 4.21. The van der Waals surface area contributed by atoms with Crippen molar-refractivity contribution in [2.24, 2.45) is 0 Å². The summed E-state index contributed by atoms with van der Waals surface area (Å²) in [6, 6.07) is 25.0. The molecule has 4 nitrogen and oxygen atoms in total. The number of hydrogen-bond donors (Lipinski definition) is 2. The first-order valence-corrected chi connectivity index (χ1v) is 9.29. The molecule has 3 aromatic carbocycles. The molecule has 2 N–H and O–H groups in total. The molecular formula is C24H17N3O. The highest BCUT2D eigenvalue weighted by molar-refractivity contribution is 6.25. The van der Waals surface area contributed by atoms with Gasteiger partial charge in [0.1, 0.15) is 17.0 Å². The Bertz CT molecular complexity index is 1400. The number of nitrogens with one attached hydrogen (secondary N) is 2. The Hall–Kier alpha value is -3.79. The van der Waals surface area contributed by atoms with Crippen LogP contribution >= 0.6 is 0 Å². The first kappa shape index (κ1) is 15.3. The molecule has 0 saturated carbocycles. The van der Waals surface area contributed by atoms with E-state index in [1.54, 1.807) is 7.11 Å². The Labute approximate surface area is 160 Å². The van der Waals surface area contributed by atoms with Crippen molar-refractivity contribution < 1.29 is 4.74 Å². The average molecular weight is 363 g/mol. The normalized spacial score (nSPS) is 11.8. The Balaban J connectivity index is 1.86. The van der Waals surface area contributed by atoms with E-state index in [4.69, 9.17) is 9.72 Å². The molecule has 134 valence electrons. The Kier molecular flexibility index (Phi) is 3.06. The molecule has 0 aliphatic carbocycles. The lowest BCUT2D eigenvalue weighted by atomic mass is 9.96.